The summed E-state index contributed by atoms with van der Waals surface area (Å²) in [6.45, 7) is -1.10. The van der Waals surface area contributed by atoms with E-state index >= 15 is 0 Å². The molecule has 1 aromatic heterocycles. The summed E-state index contributed by atoms with van der Waals surface area (Å²) in [6.07, 6.45) is 0.946. The van der Waals surface area contributed by atoms with E-state index in [4.69, 9.17) is 5.73 Å². The van der Waals surface area contributed by atoms with E-state index in [1.54, 1.807) is 13.3 Å². The first-order valence-corrected chi connectivity index (χ1v) is 5.53. The van der Waals surface area contributed by atoms with Crippen LogP contribution in [-0.4, -0.2) is 42.6 Å². The van der Waals surface area contributed by atoms with Crippen molar-refractivity contribution in [3.05, 3.63) is 24.2 Å². The minimum absolute atomic E-state index is 0.213. The Morgan fingerprint density at radius 3 is 2.85 bits per heavy atom. The van der Waals surface area contributed by atoms with Crippen LogP contribution >= 0.6 is 0 Å². The van der Waals surface area contributed by atoms with E-state index in [9.17, 15) is 13.2 Å². The van der Waals surface area contributed by atoms with E-state index in [1.165, 1.54) is 12.4 Å². The Labute approximate surface area is 113 Å². The van der Waals surface area contributed by atoms with Gasteiger partial charge in [0.25, 0.3) is 0 Å². The van der Waals surface area contributed by atoms with Gasteiger partial charge in [0.15, 0.2) is 6.61 Å². The third kappa shape index (κ3) is 6.03. The van der Waals surface area contributed by atoms with Gasteiger partial charge in [0.05, 0.1) is 12.4 Å². The van der Waals surface area contributed by atoms with Crippen molar-refractivity contribution in [3.8, 4) is 5.88 Å². The van der Waals surface area contributed by atoms with Crippen molar-refractivity contribution < 1.29 is 17.9 Å². The molecule has 1 rings (SSSR count). The fourth-order valence-electron chi connectivity index (χ4n) is 1.16. The summed E-state index contributed by atoms with van der Waals surface area (Å²) in [5.41, 5.74) is 6.06. The first-order valence-electron chi connectivity index (χ1n) is 5.53. The lowest BCUT2D eigenvalue weighted by molar-refractivity contribution is -0.154. The zero-order chi connectivity index (χ0) is 15.0. The van der Waals surface area contributed by atoms with Crippen LogP contribution in [0.1, 0.15) is 0 Å². The predicted octanol–water partition coefficient (Wildman–Crippen LogP) is 1.37. The molecule has 0 amide bonds. The molecule has 1 aromatic rings. The molecule has 6 nitrogen and oxygen atoms in total. The fourth-order valence-corrected chi connectivity index (χ4v) is 1.16. The van der Waals surface area contributed by atoms with Gasteiger partial charge >= 0.3 is 6.18 Å². The molecule has 0 aliphatic heterocycles. The quantitative estimate of drug-likeness (QED) is 0.773. The van der Waals surface area contributed by atoms with Crippen LogP contribution in [0.15, 0.2) is 29.2 Å². The standard InChI is InChI=1S/C11H14F3N5O/c1-16-3-8(2-15)4-18-9-5-17-6-10(19-9)20-7-11(12,13)14/h2-3,5-6H,4,7,15H2,1H3,(H,18,19). The van der Waals surface area contributed by atoms with E-state index in [0.29, 0.717) is 12.1 Å². The first-order chi connectivity index (χ1) is 9.44. The van der Waals surface area contributed by atoms with Crippen molar-refractivity contribution in [2.24, 2.45) is 10.7 Å². The van der Waals surface area contributed by atoms with Crippen LogP contribution in [0.2, 0.25) is 0 Å². The summed E-state index contributed by atoms with van der Waals surface area (Å²) in [7, 11) is 1.59. The number of aromatic nitrogens is 2. The monoisotopic (exact) mass is 289 g/mol. The number of hydrogen-bond acceptors (Lipinski definition) is 6. The number of nitrogens with two attached hydrogens (primary N) is 1. The summed E-state index contributed by atoms with van der Waals surface area (Å²) in [4.78, 5) is 11.4. The van der Waals surface area contributed by atoms with Crippen molar-refractivity contribution >= 4 is 12.0 Å². The molecule has 0 spiro atoms. The highest BCUT2D eigenvalue weighted by Crippen LogP contribution is 2.17. The zero-order valence-electron chi connectivity index (χ0n) is 10.7. The summed E-state index contributed by atoms with van der Waals surface area (Å²) in [6, 6.07) is 0. The molecule has 0 radical (unpaired) electrons. The summed E-state index contributed by atoms with van der Waals surface area (Å²) >= 11 is 0. The average molecular weight is 289 g/mol. The van der Waals surface area contributed by atoms with Crippen LogP contribution in [0.5, 0.6) is 5.88 Å². The average Bonchev–Trinajstić information content (AvgIpc) is 2.41. The Hall–Kier alpha value is -2.32. The van der Waals surface area contributed by atoms with Crippen molar-refractivity contribution in [3.63, 3.8) is 0 Å². The van der Waals surface area contributed by atoms with Crippen LogP contribution < -0.4 is 15.8 Å². The normalized spacial score (nSPS) is 12.7. The van der Waals surface area contributed by atoms with Crippen LogP contribution in [0.3, 0.4) is 0 Å². The number of hydrogen-bond donors (Lipinski definition) is 2. The second-order valence-corrected chi connectivity index (χ2v) is 3.63. The third-order valence-electron chi connectivity index (χ3n) is 1.98. The highest BCUT2D eigenvalue weighted by molar-refractivity contribution is 5.79. The van der Waals surface area contributed by atoms with E-state index in [2.05, 4.69) is 25.0 Å². The van der Waals surface area contributed by atoms with Crippen LogP contribution in [0.4, 0.5) is 19.0 Å². The molecule has 0 atom stereocenters. The third-order valence-corrected chi connectivity index (χ3v) is 1.98. The highest BCUT2D eigenvalue weighted by Gasteiger charge is 2.28. The molecule has 20 heavy (non-hydrogen) atoms. The number of alkyl halides is 3. The van der Waals surface area contributed by atoms with Gasteiger partial charge in [0.2, 0.25) is 5.88 Å². The molecule has 9 heteroatoms. The van der Waals surface area contributed by atoms with E-state index < -0.39 is 12.8 Å². The molecule has 0 aliphatic carbocycles. The number of nitrogens with zero attached hydrogens (tertiary/aromatic N) is 3. The zero-order valence-corrected chi connectivity index (χ0v) is 10.7. The lowest BCUT2D eigenvalue weighted by atomic mass is 10.3. The van der Waals surface area contributed by atoms with Gasteiger partial charge in [0, 0.05) is 31.6 Å². The molecule has 3 N–H and O–H groups in total. The smallest absolute Gasteiger partial charge is 0.422 e. The fraction of sp³-hybridized carbons (Fsp3) is 0.364. The van der Waals surface area contributed by atoms with Crippen molar-refractivity contribution in [2.45, 2.75) is 6.18 Å². The molecule has 110 valence electrons. The van der Waals surface area contributed by atoms with Gasteiger partial charge < -0.3 is 15.8 Å². The SMILES string of the molecule is CN=CC(=CN)CNc1cncc(OCC(F)(F)F)n1. The van der Waals surface area contributed by atoms with Crippen molar-refractivity contribution in [1.29, 1.82) is 0 Å². The number of anilines is 1. The number of rotatable bonds is 6. The molecular formula is C11H14F3N5O. The van der Waals surface area contributed by atoms with Gasteiger partial charge in [-0.2, -0.15) is 18.2 Å². The van der Waals surface area contributed by atoms with Crippen LogP contribution in [-0.2, 0) is 0 Å². The second kappa shape index (κ2) is 7.31. The van der Waals surface area contributed by atoms with Gasteiger partial charge in [-0.05, 0) is 0 Å². The molecular weight excluding hydrogens is 275 g/mol. The molecule has 0 unspecified atom stereocenters. The van der Waals surface area contributed by atoms with E-state index in [1.807, 2.05) is 0 Å². The summed E-state index contributed by atoms with van der Waals surface area (Å²) < 4.78 is 40.5. The van der Waals surface area contributed by atoms with Gasteiger partial charge in [0.1, 0.15) is 5.82 Å². The first kappa shape index (κ1) is 15.7. The molecule has 1 heterocycles. The van der Waals surface area contributed by atoms with Crippen molar-refractivity contribution in [1.82, 2.24) is 9.97 Å². The summed E-state index contributed by atoms with van der Waals surface area (Å²) in [5.74, 6) is 0.0586. The lowest BCUT2D eigenvalue weighted by Gasteiger charge is -2.09. The molecule has 0 saturated carbocycles. The number of aliphatic imine (C=N–C) groups is 1. The molecule has 0 aliphatic rings. The van der Waals surface area contributed by atoms with E-state index in [-0.39, 0.29) is 11.7 Å². The minimum Gasteiger partial charge on any atom is -0.467 e. The Morgan fingerprint density at radius 1 is 1.50 bits per heavy atom. The van der Waals surface area contributed by atoms with E-state index in [0.717, 1.165) is 6.20 Å². The van der Waals surface area contributed by atoms with Crippen LogP contribution in [0, 0.1) is 0 Å². The van der Waals surface area contributed by atoms with Gasteiger partial charge in [-0.1, -0.05) is 0 Å². The lowest BCUT2D eigenvalue weighted by Crippen LogP contribution is -2.20. The second-order valence-electron chi connectivity index (χ2n) is 3.63. The highest BCUT2D eigenvalue weighted by atomic mass is 19.4. The van der Waals surface area contributed by atoms with Gasteiger partial charge in [-0.3, -0.25) is 9.98 Å². The van der Waals surface area contributed by atoms with Gasteiger partial charge in [-0.15, -0.1) is 0 Å². The van der Waals surface area contributed by atoms with Gasteiger partial charge in [-0.25, -0.2) is 0 Å². The predicted molar refractivity (Wildman–Crippen MR) is 68.8 cm³/mol. The minimum atomic E-state index is -4.42. The molecule has 0 aromatic carbocycles. The Kier molecular flexibility index (Phi) is 5.75. The van der Waals surface area contributed by atoms with Crippen LogP contribution in [0.25, 0.3) is 0 Å². The topological polar surface area (TPSA) is 85.4 Å². The molecule has 0 saturated heterocycles. The molecule has 0 bridgehead atoms. The van der Waals surface area contributed by atoms with Crippen molar-refractivity contribution in [2.75, 3.05) is 25.5 Å². The number of ether oxygens (including phenoxy) is 1. The Bertz CT molecular complexity index is 487. The Balaban J connectivity index is 2.60. The maximum absolute atomic E-state index is 12.0. The largest absolute Gasteiger partial charge is 0.467 e. The Morgan fingerprint density at radius 2 is 2.25 bits per heavy atom. The maximum Gasteiger partial charge on any atom is 0.422 e. The number of nitrogens with one attached hydrogen (secondary N) is 1. The maximum atomic E-state index is 12.0. The summed E-state index contributed by atoms with van der Waals surface area (Å²) in [5, 5.41) is 2.84. The molecule has 0 fully saturated rings. The number of halogens is 3.